The summed E-state index contributed by atoms with van der Waals surface area (Å²) in [4.78, 5) is 0. The van der Waals surface area contributed by atoms with Crippen LogP contribution in [-0.2, 0) is 6.42 Å². The van der Waals surface area contributed by atoms with E-state index in [1.165, 1.54) is 30.4 Å². The van der Waals surface area contributed by atoms with E-state index in [0.717, 1.165) is 5.92 Å². The summed E-state index contributed by atoms with van der Waals surface area (Å²) >= 11 is 0. The molecule has 2 rings (SSSR count). The van der Waals surface area contributed by atoms with Crippen LogP contribution in [-0.4, -0.2) is 0 Å². The summed E-state index contributed by atoms with van der Waals surface area (Å²) in [6.45, 7) is 7.50. The van der Waals surface area contributed by atoms with Crippen LogP contribution in [0, 0.1) is 5.92 Å². The standard InChI is InChI=1S/C10H12.C4H8/c1-2-4-9(5-3-1)8-10-6-7-10;1-4(2)3/h1-5,10H,6-8H2;1H2,2-3H3. The molecule has 14 heavy (non-hydrogen) atoms. The van der Waals surface area contributed by atoms with Gasteiger partial charge < -0.3 is 0 Å². The van der Waals surface area contributed by atoms with E-state index in [9.17, 15) is 0 Å². The maximum absolute atomic E-state index is 3.56. The van der Waals surface area contributed by atoms with Crippen molar-refractivity contribution >= 4 is 0 Å². The third-order valence-corrected chi connectivity index (χ3v) is 2.06. The molecule has 0 aliphatic heterocycles. The minimum Gasteiger partial charge on any atom is -0.100 e. The Kier molecular flexibility index (Phi) is 4.45. The van der Waals surface area contributed by atoms with Gasteiger partial charge in [-0.3, -0.25) is 0 Å². The van der Waals surface area contributed by atoms with Crippen molar-refractivity contribution in [3.05, 3.63) is 48.0 Å². The first-order valence-electron chi connectivity index (χ1n) is 5.34. The molecule has 1 aliphatic rings. The highest BCUT2D eigenvalue weighted by Crippen LogP contribution is 2.32. The van der Waals surface area contributed by atoms with E-state index < -0.39 is 0 Å². The Morgan fingerprint density at radius 1 is 1.21 bits per heavy atom. The minimum absolute atomic E-state index is 1.02. The monoisotopic (exact) mass is 188 g/mol. The van der Waals surface area contributed by atoms with Gasteiger partial charge in [0.25, 0.3) is 0 Å². The van der Waals surface area contributed by atoms with Gasteiger partial charge in [-0.15, -0.1) is 6.58 Å². The third kappa shape index (κ3) is 5.58. The molecule has 0 saturated heterocycles. The summed E-state index contributed by atoms with van der Waals surface area (Å²) in [5, 5.41) is 0. The Morgan fingerprint density at radius 2 is 1.71 bits per heavy atom. The second-order valence-electron chi connectivity index (χ2n) is 4.34. The molecule has 1 aromatic rings. The van der Waals surface area contributed by atoms with E-state index in [4.69, 9.17) is 0 Å². The molecule has 0 atom stereocenters. The second-order valence-corrected chi connectivity index (χ2v) is 4.34. The van der Waals surface area contributed by atoms with Crippen molar-refractivity contribution in [3.63, 3.8) is 0 Å². The molecule has 0 nitrogen and oxygen atoms in total. The van der Waals surface area contributed by atoms with E-state index in [-0.39, 0.29) is 0 Å². The first-order chi connectivity index (χ1) is 6.68. The van der Waals surface area contributed by atoms with Crippen LogP contribution in [0.4, 0.5) is 0 Å². The molecule has 0 heteroatoms. The van der Waals surface area contributed by atoms with Gasteiger partial charge >= 0.3 is 0 Å². The summed E-state index contributed by atoms with van der Waals surface area (Å²) in [6.07, 6.45) is 4.21. The van der Waals surface area contributed by atoms with Crippen LogP contribution in [0.25, 0.3) is 0 Å². The molecule has 0 amide bonds. The largest absolute Gasteiger partial charge is 0.100 e. The van der Waals surface area contributed by atoms with Crippen LogP contribution in [0.2, 0.25) is 0 Å². The van der Waals surface area contributed by atoms with Crippen molar-refractivity contribution in [2.24, 2.45) is 5.92 Å². The smallest absolute Gasteiger partial charge is 0.0250 e. The van der Waals surface area contributed by atoms with Crippen molar-refractivity contribution in [2.45, 2.75) is 33.1 Å². The fourth-order valence-corrected chi connectivity index (χ4v) is 1.27. The van der Waals surface area contributed by atoms with E-state index in [2.05, 4.69) is 36.9 Å². The predicted octanol–water partition coefficient (Wildman–Crippen LogP) is 4.22. The molecule has 1 aliphatic carbocycles. The van der Waals surface area contributed by atoms with E-state index >= 15 is 0 Å². The molecular weight excluding hydrogens is 168 g/mol. The molecule has 0 heterocycles. The Hall–Kier alpha value is -1.04. The lowest BCUT2D eigenvalue weighted by Gasteiger charge is -1.95. The van der Waals surface area contributed by atoms with Crippen LogP contribution in [0.5, 0.6) is 0 Å². The van der Waals surface area contributed by atoms with Crippen LogP contribution in [0.15, 0.2) is 42.5 Å². The summed E-state index contributed by atoms with van der Waals surface area (Å²) in [6, 6.07) is 10.8. The Balaban J connectivity index is 0.000000213. The predicted molar refractivity (Wildman–Crippen MR) is 63.4 cm³/mol. The average molecular weight is 188 g/mol. The van der Waals surface area contributed by atoms with Gasteiger partial charge in [0.15, 0.2) is 0 Å². The maximum Gasteiger partial charge on any atom is -0.0250 e. The minimum atomic E-state index is 1.02. The lowest BCUT2D eigenvalue weighted by atomic mass is 10.1. The Bertz CT molecular complexity index is 263. The molecule has 1 saturated carbocycles. The maximum atomic E-state index is 3.56. The molecule has 0 N–H and O–H groups in total. The average Bonchev–Trinajstić information content (AvgIpc) is 2.89. The third-order valence-electron chi connectivity index (χ3n) is 2.06. The van der Waals surface area contributed by atoms with Crippen molar-refractivity contribution in [1.29, 1.82) is 0 Å². The summed E-state index contributed by atoms with van der Waals surface area (Å²) in [5.74, 6) is 1.02. The number of hydrogen-bond donors (Lipinski definition) is 0. The zero-order valence-electron chi connectivity index (χ0n) is 9.29. The van der Waals surface area contributed by atoms with Gasteiger partial charge in [0, 0.05) is 0 Å². The molecule has 0 radical (unpaired) electrons. The van der Waals surface area contributed by atoms with Gasteiger partial charge in [0.1, 0.15) is 0 Å². The number of benzene rings is 1. The molecule has 76 valence electrons. The summed E-state index contributed by atoms with van der Waals surface area (Å²) in [5.41, 5.74) is 2.67. The van der Waals surface area contributed by atoms with Crippen LogP contribution in [0.3, 0.4) is 0 Å². The molecule has 0 bridgehead atoms. The van der Waals surface area contributed by atoms with Crippen molar-refractivity contribution in [1.82, 2.24) is 0 Å². The number of rotatable bonds is 2. The SMILES string of the molecule is C=C(C)C.c1ccc(CC2CC2)cc1. The quantitative estimate of drug-likeness (QED) is 0.609. The van der Waals surface area contributed by atoms with Gasteiger partial charge in [-0.2, -0.15) is 0 Å². The van der Waals surface area contributed by atoms with Crippen molar-refractivity contribution in [3.8, 4) is 0 Å². The van der Waals surface area contributed by atoms with Crippen molar-refractivity contribution < 1.29 is 0 Å². The van der Waals surface area contributed by atoms with E-state index in [0.29, 0.717) is 0 Å². The Labute approximate surface area is 87.7 Å². The summed E-state index contributed by atoms with van der Waals surface area (Å²) < 4.78 is 0. The van der Waals surface area contributed by atoms with Gasteiger partial charge in [-0.25, -0.2) is 0 Å². The zero-order valence-corrected chi connectivity index (χ0v) is 9.29. The topological polar surface area (TPSA) is 0 Å². The van der Waals surface area contributed by atoms with Crippen molar-refractivity contribution in [2.75, 3.05) is 0 Å². The lowest BCUT2D eigenvalue weighted by Crippen LogP contribution is -1.84. The highest BCUT2D eigenvalue weighted by molar-refractivity contribution is 5.15. The lowest BCUT2D eigenvalue weighted by molar-refractivity contribution is 0.832. The normalized spacial score (nSPS) is 14.1. The van der Waals surface area contributed by atoms with E-state index in [1.54, 1.807) is 0 Å². The number of hydrogen-bond acceptors (Lipinski definition) is 0. The second kappa shape index (κ2) is 5.64. The van der Waals surface area contributed by atoms with Crippen LogP contribution >= 0.6 is 0 Å². The molecule has 1 aromatic carbocycles. The first kappa shape index (κ1) is 11.0. The fourth-order valence-electron chi connectivity index (χ4n) is 1.27. The van der Waals surface area contributed by atoms with E-state index in [1.807, 2.05) is 13.8 Å². The highest BCUT2D eigenvalue weighted by Gasteiger charge is 2.20. The molecule has 0 spiro atoms. The fraction of sp³-hybridized carbons (Fsp3) is 0.429. The van der Waals surface area contributed by atoms with Crippen LogP contribution < -0.4 is 0 Å². The van der Waals surface area contributed by atoms with Gasteiger partial charge in [-0.05, 0) is 44.6 Å². The molecule has 0 unspecified atom stereocenters. The van der Waals surface area contributed by atoms with Gasteiger partial charge in [0.2, 0.25) is 0 Å². The van der Waals surface area contributed by atoms with Crippen LogP contribution in [0.1, 0.15) is 32.3 Å². The molecule has 1 fully saturated rings. The zero-order chi connectivity index (χ0) is 10.4. The molecular formula is C14H20. The number of allylic oxidation sites excluding steroid dienone is 1. The molecule has 0 aromatic heterocycles. The van der Waals surface area contributed by atoms with Gasteiger partial charge in [0.05, 0.1) is 0 Å². The Morgan fingerprint density at radius 3 is 2.14 bits per heavy atom. The first-order valence-corrected chi connectivity index (χ1v) is 5.34. The summed E-state index contributed by atoms with van der Waals surface area (Å²) in [7, 11) is 0. The highest BCUT2D eigenvalue weighted by atomic mass is 14.3. The van der Waals surface area contributed by atoms with Gasteiger partial charge in [-0.1, -0.05) is 35.9 Å².